The van der Waals surface area contributed by atoms with Crippen LogP contribution in [0.1, 0.15) is 27.8 Å². The fourth-order valence-electron chi connectivity index (χ4n) is 1.79. The highest BCUT2D eigenvalue weighted by Gasteiger charge is 2.15. The monoisotopic (exact) mass is 299 g/mol. The molecular weight excluding hydrogens is 286 g/mol. The van der Waals surface area contributed by atoms with Crippen molar-refractivity contribution >= 4 is 29.2 Å². The van der Waals surface area contributed by atoms with Gasteiger partial charge >= 0.3 is 5.97 Å². The van der Waals surface area contributed by atoms with Gasteiger partial charge < -0.3 is 15.7 Å². The number of hydrogen-bond donors (Lipinski definition) is 3. The zero-order chi connectivity index (χ0) is 16.1. The molecule has 0 aliphatic carbocycles. The maximum Gasteiger partial charge on any atom is 0.337 e. The highest BCUT2D eigenvalue weighted by Crippen LogP contribution is 2.21. The minimum atomic E-state index is -1.22. The summed E-state index contributed by atoms with van der Waals surface area (Å²) in [5.74, 6) is -2.06. The van der Waals surface area contributed by atoms with Gasteiger partial charge in [0, 0.05) is 18.8 Å². The molecule has 1 heterocycles. The van der Waals surface area contributed by atoms with Crippen molar-refractivity contribution in [2.24, 2.45) is 0 Å². The lowest BCUT2D eigenvalue weighted by Gasteiger charge is -2.10. The maximum atomic E-state index is 12.0. The van der Waals surface area contributed by atoms with E-state index in [9.17, 15) is 19.5 Å². The molecule has 0 saturated carbocycles. The second-order valence-corrected chi connectivity index (χ2v) is 4.42. The summed E-state index contributed by atoms with van der Waals surface area (Å²) >= 11 is 0. The van der Waals surface area contributed by atoms with Crippen molar-refractivity contribution in [1.29, 1.82) is 0 Å². The molecule has 0 bridgehead atoms. The smallest absolute Gasteiger partial charge is 0.337 e. The average Bonchev–Trinajstić information content (AvgIpc) is 2.49. The number of rotatable bonds is 4. The number of carbonyl (C=O) groups excluding carboxylic acids is 2. The number of amides is 2. The Morgan fingerprint density at radius 2 is 1.86 bits per heavy atom. The number of carboxylic acid groups (broad SMARTS) is 1. The van der Waals surface area contributed by atoms with Gasteiger partial charge in [-0.25, -0.2) is 4.79 Å². The summed E-state index contributed by atoms with van der Waals surface area (Å²) in [6, 6.07) is 9.03. The molecule has 2 aromatic rings. The standard InChI is InChI=1S/C15H13N3O4/c1-9(19)17-10-5-6-12(11(8-10)15(21)22)18-14(20)13-4-2-3-7-16-13/h2-8H,1H3,(H,17,19)(H,18,20)(H,21,22). The van der Waals surface area contributed by atoms with E-state index in [4.69, 9.17) is 0 Å². The average molecular weight is 299 g/mol. The summed E-state index contributed by atoms with van der Waals surface area (Å²) in [6.07, 6.45) is 1.47. The highest BCUT2D eigenvalue weighted by molar-refractivity contribution is 6.07. The van der Waals surface area contributed by atoms with Gasteiger partial charge in [0.05, 0.1) is 11.3 Å². The zero-order valence-electron chi connectivity index (χ0n) is 11.7. The summed E-state index contributed by atoms with van der Waals surface area (Å²) in [5, 5.41) is 14.2. The Morgan fingerprint density at radius 3 is 2.45 bits per heavy atom. The number of aromatic carboxylic acids is 1. The molecule has 0 fully saturated rings. The van der Waals surface area contributed by atoms with Crippen LogP contribution in [-0.2, 0) is 4.79 Å². The van der Waals surface area contributed by atoms with Gasteiger partial charge in [-0.2, -0.15) is 0 Å². The third-order valence-electron chi connectivity index (χ3n) is 2.72. The van der Waals surface area contributed by atoms with Crippen LogP contribution in [0.3, 0.4) is 0 Å². The van der Waals surface area contributed by atoms with E-state index in [2.05, 4.69) is 15.6 Å². The van der Waals surface area contributed by atoms with E-state index in [0.29, 0.717) is 5.69 Å². The molecule has 112 valence electrons. The normalized spacial score (nSPS) is 9.86. The fourth-order valence-corrected chi connectivity index (χ4v) is 1.79. The van der Waals surface area contributed by atoms with Crippen LogP contribution >= 0.6 is 0 Å². The molecule has 1 aromatic heterocycles. The van der Waals surface area contributed by atoms with E-state index >= 15 is 0 Å². The molecule has 7 heteroatoms. The van der Waals surface area contributed by atoms with Crippen LogP contribution in [0.5, 0.6) is 0 Å². The number of pyridine rings is 1. The number of nitrogens with one attached hydrogen (secondary N) is 2. The largest absolute Gasteiger partial charge is 0.478 e. The Balaban J connectivity index is 2.28. The van der Waals surface area contributed by atoms with Gasteiger partial charge in [0.15, 0.2) is 0 Å². The predicted octanol–water partition coefficient (Wildman–Crippen LogP) is 1.99. The Bertz CT molecular complexity index is 729. The Kier molecular flexibility index (Phi) is 4.47. The van der Waals surface area contributed by atoms with Crippen LogP contribution in [0.25, 0.3) is 0 Å². The minimum absolute atomic E-state index is 0.122. The molecule has 22 heavy (non-hydrogen) atoms. The van der Waals surface area contributed by atoms with Crippen molar-refractivity contribution in [3.8, 4) is 0 Å². The first-order valence-corrected chi connectivity index (χ1v) is 6.34. The van der Waals surface area contributed by atoms with Gasteiger partial charge in [0.25, 0.3) is 5.91 Å². The zero-order valence-corrected chi connectivity index (χ0v) is 11.7. The molecule has 0 aliphatic heterocycles. The van der Waals surface area contributed by atoms with Gasteiger partial charge in [-0.15, -0.1) is 0 Å². The number of carbonyl (C=O) groups is 3. The first-order valence-electron chi connectivity index (χ1n) is 6.34. The second-order valence-electron chi connectivity index (χ2n) is 4.42. The lowest BCUT2D eigenvalue weighted by atomic mass is 10.1. The Morgan fingerprint density at radius 1 is 1.09 bits per heavy atom. The lowest BCUT2D eigenvalue weighted by molar-refractivity contribution is -0.114. The number of aromatic nitrogens is 1. The van der Waals surface area contributed by atoms with Crippen LogP contribution in [0.2, 0.25) is 0 Å². The quantitative estimate of drug-likeness (QED) is 0.800. The molecule has 0 unspecified atom stereocenters. The van der Waals surface area contributed by atoms with Crippen molar-refractivity contribution in [2.45, 2.75) is 6.92 Å². The summed E-state index contributed by atoms with van der Waals surface area (Å²) in [4.78, 5) is 38.2. The second kappa shape index (κ2) is 6.49. The van der Waals surface area contributed by atoms with E-state index in [0.717, 1.165) is 0 Å². The SMILES string of the molecule is CC(=O)Nc1ccc(NC(=O)c2ccccn2)c(C(=O)O)c1. The van der Waals surface area contributed by atoms with Crippen molar-refractivity contribution in [3.63, 3.8) is 0 Å². The van der Waals surface area contributed by atoms with E-state index in [-0.39, 0.29) is 22.9 Å². The minimum Gasteiger partial charge on any atom is -0.478 e. The molecule has 3 N–H and O–H groups in total. The molecule has 2 rings (SSSR count). The van der Waals surface area contributed by atoms with Crippen LogP contribution in [-0.4, -0.2) is 27.9 Å². The van der Waals surface area contributed by atoms with E-state index < -0.39 is 11.9 Å². The van der Waals surface area contributed by atoms with Crippen LogP contribution < -0.4 is 10.6 Å². The third-order valence-corrected chi connectivity index (χ3v) is 2.72. The van der Waals surface area contributed by atoms with E-state index in [1.54, 1.807) is 12.1 Å². The molecule has 7 nitrogen and oxygen atoms in total. The maximum absolute atomic E-state index is 12.0. The molecule has 0 atom stereocenters. The van der Waals surface area contributed by atoms with Gasteiger partial charge in [0.1, 0.15) is 5.69 Å². The number of benzene rings is 1. The number of anilines is 2. The van der Waals surface area contributed by atoms with Crippen LogP contribution in [0.4, 0.5) is 11.4 Å². The molecule has 2 amide bonds. The highest BCUT2D eigenvalue weighted by atomic mass is 16.4. The lowest BCUT2D eigenvalue weighted by Crippen LogP contribution is -2.16. The molecule has 0 saturated heterocycles. The summed E-state index contributed by atoms with van der Waals surface area (Å²) < 4.78 is 0. The Labute approximate surface area is 126 Å². The van der Waals surface area contributed by atoms with Gasteiger partial charge in [-0.3, -0.25) is 14.6 Å². The predicted molar refractivity (Wildman–Crippen MR) is 79.9 cm³/mol. The van der Waals surface area contributed by atoms with Gasteiger partial charge in [0.2, 0.25) is 5.91 Å². The topological polar surface area (TPSA) is 108 Å². The molecule has 1 aromatic carbocycles. The summed E-state index contributed by atoms with van der Waals surface area (Å²) in [5.41, 5.74) is 0.498. The third kappa shape index (κ3) is 3.66. The van der Waals surface area contributed by atoms with Gasteiger partial charge in [-0.1, -0.05) is 6.07 Å². The summed E-state index contributed by atoms with van der Waals surface area (Å²) in [7, 11) is 0. The van der Waals surface area contributed by atoms with Crippen molar-refractivity contribution in [3.05, 3.63) is 53.9 Å². The first-order chi connectivity index (χ1) is 10.5. The molecule has 0 spiro atoms. The van der Waals surface area contributed by atoms with Crippen LogP contribution in [0.15, 0.2) is 42.6 Å². The molecule has 0 radical (unpaired) electrons. The van der Waals surface area contributed by atoms with E-state index in [1.807, 2.05) is 0 Å². The number of hydrogen-bond acceptors (Lipinski definition) is 4. The van der Waals surface area contributed by atoms with E-state index in [1.165, 1.54) is 37.4 Å². The number of carboxylic acids is 1. The van der Waals surface area contributed by atoms with Crippen molar-refractivity contribution < 1.29 is 19.5 Å². The Hall–Kier alpha value is -3.22. The molecule has 0 aliphatic rings. The number of nitrogens with zero attached hydrogens (tertiary/aromatic N) is 1. The summed E-state index contributed by atoms with van der Waals surface area (Å²) in [6.45, 7) is 1.32. The fraction of sp³-hybridized carbons (Fsp3) is 0.0667. The van der Waals surface area contributed by atoms with Crippen molar-refractivity contribution in [1.82, 2.24) is 4.98 Å². The molecular formula is C15H13N3O4. The van der Waals surface area contributed by atoms with Crippen molar-refractivity contribution in [2.75, 3.05) is 10.6 Å². The van der Waals surface area contributed by atoms with Crippen LogP contribution in [0, 0.1) is 0 Å². The first kappa shape index (κ1) is 15.2. The van der Waals surface area contributed by atoms with Gasteiger partial charge in [-0.05, 0) is 30.3 Å².